The Morgan fingerprint density at radius 3 is 3.00 bits per heavy atom. The van der Waals surface area contributed by atoms with E-state index in [1.807, 2.05) is 0 Å². The van der Waals surface area contributed by atoms with E-state index in [9.17, 15) is 14.9 Å². The fraction of sp³-hybridized carbons (Fsp3) is 0.333. The second kappa shape index (κ2) is 7.45. The quantitative estimate of drug-likeness (QED) is 0.588. The molecule has 1 aromatic carbocycles. The van der Waals surface area contributed by atoms with Gasteiger partial charge in [0.15, 0.2) is 4.80 Å². The number of fused-ring (bicyclic) bond motifs is 1. The van der Waals surface area contributed by atoms with Crippen molar-refractivity contribution in [1.29, 1.82) is 0 Å². The van der Waals surface area contributed by atoms with E-state index < -0.39 is 10.8 Å². The number of carbonyl (C=O) groups is 1. The molecule has 0 aliphatic carbocycles. The van der Waals surface area contributed by atoms with Gasteiger partial charge in [-0.25, -0.2) is 0 Å². The van der Waals surface area contributed by atoms with Gasteiger partial charge in [-0.1, -0.05) is 11.3 Å². The Balaban J connectivity index is 2.09. The van der Waals surface area contributed by atoms with Crippen LogP contribution in [0.2, 0.25) is 0 Å². The zero-order valence-electron chi connectivity index (χ0n) is 13.3. The van der Waals surface area contributed by atoms with Crippen molar-refractivity contribution in [3.63, 3.8) is 0 Å². The normalized spacial score (nSPS) is 14.8. The van der Waals surface area contributed by atoms with Crippen molar-refractivity contribution in [2.75, 3.05) is 26.9 Å². The highest BCUT2D eigenvalue weighted by Crippen LogP contribution is 2.23. The minimum Gasteiger partial charge on any atom is -0.494 e. The second-order valence-electron chi connectivity index (χ2n) is 5.06. The summed E-state index contributed by atoms with van der Waals surface area (Å²) in [7, 11) is 1.55. The van der Waals surface area contributed by atoms with Gasteiger partial charge in [0, 0.05) is 25.8 Å². The summed E-state index contributed by atoms with van der Waals surface area (Å²) in [6, 6.07) is 4.53. The van der Waals surface area contributed by atoms with Gasteiger partial charge in [0.05, 0.1) is 21.7 Å². The average Bonchev–Trinajstić information content (AvgIpc) is 2.96. The molecule has 0 saturated heterocycles. The molecular weight excluding hydrogens is 350 g/mol. The fourth-order valence-electron chi connectivity index (χ4n) is 2.28. The number of nitro benzene ring substituents is 1. The van der Waals surface area contributed by atoms with Crippen LogP contribution in [0.3, 0.4) is 0 Å². The smallest absolute Gasteiger partial charge is 0.317 e. The van der Waals surface area contributed by atoms with E-state index in [0.717, 1.165) is 4.70 Å². The number of nitro groups is 1. The highest BCUT2D eigenvalue weighted by Gasteiger charge is 2.17. The molecule has 10 heteroatoms. The lowest BCUT2D eigenvalue weighted by Gasteiger charge is -2.12. The highest BCUT2D eigenvalue weighted by molar-refractivity contribution is 7.16. The van der Waals surface area contributed by atoms with Gasteiger partial charge in [0.1, 0.15) is 19.5 Å². The number of thiazole rings is 1. The fourth-order valence-corrected chi connectivity index (χ4v) is 3.31. The van der Waals surface area contributed by atoms with Crippen LogP contribution in [0.4, 0.5) is 5.69 Å². The lowest BCUT2D eigenvalue weighted by Crippen LogP contribution is -2.21. The summed E-state index contributed by atoms with van der Waals surface area (Å²) in [5, 5.41) is 11.0. The molecule has 2 aromatic rings. The van der Waals surface area contributed by atoms with E-state index in [2.05, 4.69) is 4.99 Å². The second-order valence-corrected chi connectivity index (χ2v) is 6.07. The minimum absolute atomic E-state index is 0.0268. The number of aromatic nitrogens is 1. The topological polar surface area (TPSA) is 105 Å². The third kappa shape index (κ3) is 3.69. The van der Waals surface area contributed by atoms with Crippen LogP contribution in [-0.2, 0) is 25.5 Å². The first-order valence-electron chi connectivity index (χ1n) is 7.40. The summed E-state index contributed by atoms with van der Waals surface area (Å²) in [6.45, 7) is 1.45. The standard InChI is InChI=1S/C15H15N3O6S/c1-22-5-4-17-11-8-10(18(20)21)2-3-13(11)25-15(17)16-14(19)12-9-23-6-7-24-12/h2-3,8-9H,4-7H2,1H3. The van der Waals surface area contributed by atoms with Gasteiger partial charge < -0.3 is 18.8 Å². The molecule has 1 aliphatic heterocycles. The van der Waals surface area contributed by atoms with E-state index in [-0.39, 0.29) is 18.1 Å². The molecule has 0 spiro atoms. The molecule has 3 rings (SSSR count). The highest BCUT2D eigenvalue weighted by atomic mass is 32.1. The molecule has 0 fully saturated rings. The van der Waals surface area contributed by atoms with Gasteiger partial charge in [-0.05, 0) is 6.07 Å². The third-order valence-corrected chi connectivity index (χ3v) is 4.51. The molecule has 0 bridgehead atoms. The Morgan fingerprint density at radius 1 is 1.48 bits per heavy atom. The SMILES string of the molecule is COCCn1c(=NC(=O)C2=COCCO2)sc2ccc([N+](=O)[O-])cc21. The van der Waals surface area contributed by atoms with Crippen molar-refractivity contribution in [2.24, 2.45) is 4.99 Å². The Hall–Kier alpha value is -2.72. The van der Waals surface area contributed by atoms with Gasteiger partial charge >= 0.3 is 5.91 Å². The number of hydrogen-bond acceptors (Lipinski definition) is 7. The zero-order chi connectivity index (χ0) is 17.8. The Morgan fingerprint density at radius 2 is 2.32 bits per heavy atom. The van der Waals surface area contributed by atoms with Crippen molar-refractivity contribution >= 4 is 33.1 Å². The van der Waals surface area contributed by atoms with Crippen molar-refractivity contribution in [3.8, 4) is 0 Å². The molecule has 0 saturated carbocycles. The number of rotatable bonds is 5. The predicted molar refractivity (Wildman–Crippen MR) is 88.9 cm³/mol. The van der Waals surface area contributed by atoms with E-state index in [1.165, 1.54) is 29.7 Å². The summed E-state index contributed by atoms with van der Waals surface area (Å²) in [6.07, 6.45) is 1.24. The molecule has 25 heavy (non-hydrogen) atoms. The van der Waals surface area contributed by atoms with Crippen LogP contribution in [0.1, 0.15) is 0 Å². The maximum absolute atomic E-state index is 12.3. The van der Waals surface area contributed by atoms with Crippen molar-refractivity contribution in [1.82, 2.24) is 4.57 Å². The van der Waals surface area contributed by atoms with E-state index in [4.69, 9.17) is 14.2 Å². The van der Waals surface area contributed by atoms with Crippen molar-refractivity contribution in [2.45, 2.75) is 6.54 Å². The predicted octanol–water partition coefficient (Wildman–Crippen LogP) is 1.57. The maximum Gasteiger partial charge on any atom is 0.317 e. The molecule has 132 valence electrons. The van der Waals surface area contributed by atoms with Gasteiger partial charge in [0.2, 0.25) is 5.76 Å². The number of carbonyl (C=O) groups excluding carboxylic acids is 1. The van der Waals surface area contributed by atoms with E-state index in [0.29, 0.717) is 30.1 Å². The summed E-state index contributed by atoms with van der Waals surface area (Å²) >= 11 is 1.26. The van der Waals surface area contributed by atoms with Crippen LogP contribution in [0, 0.1) is 10.1 Å². The number of non-ortho nitro benzene ring substituents is 1. The Kier molecular flexibility index (Phi) is 5.10. The van der Waals surface area contributed by atoms with Crippen molar-refractivity contribution in [3.05, 3.63) is 45.1 Å². The monoisotopic (exact) mass is 365 g/mol. The first kappa shape index (κ1) is 17.1. The maximum atomic E-state index is 12.3. The molecule has 9 nitrogen and oxygen atoms in total. The number of ether oxygens (including phenoxy) is 3. The Labute approximate surface area is 145 Å². The van der Waals surface area contributed by atoms with E-state index >= 15 is 0 Å². The van der Waals surface area contributed by atoms with Gasteiger partial charge in [-0.15, -0.1) is 0 Å². The number of amides is 1. The van der Waals surface area contributed by atoms with Crippen molar-refractivity contribution < 1.29 is 23.9 Å². The van der Waals surface area contributed by atoms with Crippen LogP contribution < -0.4 is 4.80 Å². The lowest BCUT2D eigenvalue weighted by atomic mass is 10.3. The largest absolute Gasteiger partial charge is 0.494 e. The average molecular weight is 365 g/mol. The molecule has 2 heterocycles. The molecule has 0 radical (unpaired) electrons. The first-order valence-corrected chi connectivity index (χ1v) is 8.22. The molecular formula is C15H15N3O6S. The molecule has 0 N–H and O–H groups in total. The molecule has 0 unspecified atom stereocenters. The molecule has 1 aliphatic rings. The summed E-state index contributed by atoms with van der Waals surface area (Å²) in [4.78, 5) is 27.3. The van der Waals surface area contributed by atoms with Crippen LogP contribution >= 0.6 is 11.3 Å². The zero-order valence-corrected chi connectivity index (χ0v) is 14.2. The number of hydrogen-bond donors (Lipinski definition) is 0. The van der Waals surface area contributed by atoms with Crippen LogP contribution in [-0.4, -0.2) is 42.3 Å². The number of methoxy groups -OCH3 is 1. The number of nitrogens with zero attached hydrogens (tertiary/aromatic N) is 3. The van der Waals surface area contributed by atoms with Crippen LogP contribution in [0.25, 0.3) is 10.2 Å². The van der Waals surface area contributed by atoms with Gasteiger partial charge in [0.25, 0.3) is 5.69 Å². The molecule has 0 atom stereocenters. The Bertz CT molecular complexity index is 914. The lowest BCUT2D eigenvalue weighted by molar-refractivity contribution is -0.384. The summed E-state index contributed by atoms with van der Waals surface area (Å²) in [5.74, 6) is -0.528. The molecule has 1 amide bonds. The van der Waals surface area contributed by atoms with E-state index in [1.54, 1.807) is 17.7 Å². The third-order valence-electron chi connectivity index (χ3n) is 3.45. The van der Waals surface area contributed by atoms with Crippen LogP contribution in [0.15, 0.2) is 35.2 Å². The summed E-state index contributed by atoms with van der Waals surface area (Å²) in [5.41, 5.74) is 0.596. The first-order chi connectivity index (χ1) is 12.1. The van der Waals surface area contributed by atoms with Crippen LogP contribution in [0.5, 0.6) is 0 Å². The molecule has 1 aromatic heterocycles. The van der Waals surface area contributed by atoms with Gasteiger partial charge in [-0.3, -0.25) is 14.9 Å². The van der Waals surface area contributed by atoms with Gasteiger partial charge in [-0.2, -0.15) is 4.99 Å². The summed E-state index contributed by atoms with van der Waals surface area (Å²) < 4.78 is 17.9. The minimum atomic E-state index is -0.563. The number of benzene rings is 1.